The Morgan fingerprint density at radius 2 is 1.82 bits per heavy atom. The van der Waals surface area contributed by atoms with Crippen LogP contribution >= 0.6 is 0 Å². The molecule has 150 valence electrons. The molecule has 0 aliphatic rings. The van der Waals surface area contributed by atoms with E-state index < -0.39 is 5.82 Å². The Labute approximate surface area is 166 Å². The molecule has 0 heterocycles. The molecule has 0 aromatic heterocycles. The summed E-state index contributed by atoms with van der Waals surface area (Å²) < 4.78 is 13.6. The predicted molar refractivity (Wildman–Crippen MR) is 111 cm³/mol. The van der Waals surface area contributed by atoms with Gasteiger partial charge in [-0.1, -0.05) is 13.0 Å². The summed E-state index contributed by atoms with van der Waals surface area (Å²) in [6.45, 7) is 5.99. The molecule has 2 aromatic rings. The van der Waals surface area contributed by atoms with Gasteiger partial charge in [0.2, 0.25) is 5.91 Å². The molecule has 0 fully saturated rings. The fourth-order valence-electron chi connectivity index (χ4n) is 2.94. The number of halogens is 1. The largest absolute Gasteiger partial charge is 0.377 e. The molecule has 0 spiro atoms. The van der Waals surface area contributed by atoms with Crippen LogP contribution in [0, 0.1) is 5.82 Å². The second kappa shape index (κ2) is 9.35. The van der Waals surface area contributed by atoms with Crippen LogP contribution in [0.15, 0.2) is 42.5 Å². The quantitative estimate of drug-likeness (QED) is 0.773. The van der Waals surface area contributed by atoms with Crippen molar-refractivity contribution in [2.45, 2.75) is 39.8 Å². The molecule has 0 saturated heterocycles. The van der Waals surface area contributed by atoms with E-state index in [0.717, 1.165) is 11.3 Å². The Kier molecular flexibility index (Phi) is 7.15. The van der Waals surface area contributed by atoms with E-state index in [2.05, 4.69) is 5.32 Å². The van der Waals surface area contributed by atoms with Crippen LogP contribution in [0.2, 0.25) is 0 Å². The van der Waals surface area contributed by atoms with Crippen molar-refractivity contribution in [3.05, 3.63) is 59.4 Å². The Morgan fingerprint density at radius 1 is 1.11 bits per heavy atom. The molecule has 0 unspecified atom stereocenters. The van der Waals surface area contributed by atoms with Crippen molar-refractivity contribution in [3.8, 4) is 0 Å². The van der Waals surface area contributed by atoms with Gasteiger partial charge in [0.1, 0.15) is 5.82 Å². The van der Waals surface area contributed by atoms with Gasteiger partial charge in [0.05, 0.1) is 0 Å². The van der Waals surface area contributed by atoms with Gasteiger partial charge in [-0.15, -0.1) is 0 Å². The normalized spacial score (nSPS) is 10.7. The average Bonchev–Trinajstić information content (AvgIpc) is 2.65. The molecule has 1 N–H and O–H groups in total. The topological polar surface area (TPSA) is 52.7 Å². The molecule has 0 aliphatic heterocycles. The lowest BCUT2D eigenvalue weighted by molar-refractivity contribution is -0.115. The van der Waals surface area contributed by atoms with E-state index in [1.165, 1.54) is 18.2 Å². The Bertz CT molecular complexity index is 849. The fraction of sp³-hybridized carbons (Fsp3) is 0.364. The van der Waals surface area contributed by atoms with Crippen LogP contribution in [0.5, 0.6) is 0 Å². The summed E-state index contributed by atoms with van der Waals surface area (Å²) in [4.78, 5) is 28.4. The first-order chi connectivity index (χ1) is 13.2. The molecular formula is C22H28FN3O2. The first-order valence-corrected chi connectivity index (χ1v) is 9.39. The minimum Gasteiger partial charge on any atom is -0.377 e. The van der Waals surface area contributed by atoms with Crippen molar-refractivity contribution >= 4 is 23.2 Å². The van der Waals surface area contributed by atoms with E-state index in [0.29, 0.717) is 24.2 Å². The van der Waals surface area contributed by atoms with Gasteiger partial charge < -0.3 is 15.1 Å². The summed E-state index contributed by atoms with van der Waals surface area (Å²) in [5.41, 5.74) is 2.86. The number of benzene rings is 2. The highest BCUT2D eigenvalue weighted by Crippen LogP contribution is 2.26. The number of nitrogens with one attached hydrogen (secondary N) is 1. The minimum absolute atomic E-state index is 0.0693. The molecule has 0 aliphatic carbocycles. The first-order valence-electron chi connectivity index (χ1n) is 9.39. The number of rotatable bonds is 7. The van der Waals surface area contributed by atoms with Crippen molar-refractivity contribution in [1.29, 1.82) is 0 Å². The van der Waals surface area contributed by atoms with Crippen LogP contribution < -0.4 is 10.2 Å². The molecule has 5 nitrogen and oxygen atoms in total. The first kappa shape index (κ1) is 21.4. The number of carbonyl (C=O) groups excluding carboxylic acids is 2. The van der Waals surface area contributed by atoms with Gasteiger partial charge in [0.25, 0.3) is 5.91 Å². The average molecular weight is 385 g/mol. The van der Waals surface area contributed by atoms with Gasteiger partial charge >= 0.3 is 0 Å². The van der Waals surface area contributed by atoms with Crippen molar-refractivity contribution in [2.75, 3.05) is 24.3 Å². The molecule has 0 saturated carbocycles. The van der Waals surface area contributed by atoms with Crippen LogP contribution in [0.4, 0.5) is 15.8 Å². The van der Waals surface area contributed by atoms with Crippen LogP contribution in [0.1, 0.15) is 43.1 Å². The highest BCUT2D eigenvalue weighted by molar-refractivity contribution is 5.94. The third-order valence-corrected chi connectivity index (χ3v) is 4.46. The lowest BCUT2D eigenvalue weighted by atomic mass is 10.1. The maximum atomic E-state index is 13.6. The van der Waals surface area contributed by atoms with Gasteiger partial charge in [-0.3, -0.25) is 9.59 Å². The summed E-state index contributed by atoms with van der Waals surface area (Å²) >= 11 is 0. The minimum atomic E-state index is -0.437. The highest BCUT2D eigenvalue weighted by atomic mass is 19.1. The fourth-order valence-corrected chi connectivity index (χ4v) is 2.94. The van der Waals surface area contributed by atoms with E-state index in [9.17, 15) is 14.0 Å². The smallest absolute Gasteiger partial charge is 0.254 e. The summed E-state index contributed by atoms with van der Waals surface area (Å²) in [6.07, 6.45) is 0.390. The maximum Gasteiger partial charge on any atom is 0.254 e. The molecule has 2 amide bonds. The van der Waals surface area contributed by atoms with E-state index in [1.807, 2.05) is 51.0 Å². The molecule has 28 heavy (non-hydrogen) atoms. The van der Waals surface area contributed by atoms with Crippen molar-refractivity contribution in [1.82, 2.24) is 4.90 Å². The molecule has 0 atom stereocenters. The van der Waals surface area contributed by atoms with Crippen LogP contribution in [0.25, 0.3) is 0 Å². The lowest BCUT2D eigenvalue weighted by Crippen LogP contribution is -2.36. The van der Waals surface area contributed by atoms with E-state index in [-0.39, 0.29) is 17.9 Å². The van der Waals surface area contributed by atoms with Gasteiger partial charge in [-0.05, 0) is 55.8 Å². The van der Waals surface area contributed by atoms with Gasteiger partial charge in [0.15, 0.2) is 0 Å². The third-order valence-electron chi connectivity index (χ3n) is 4.46. The van der Waals surface area contributed by atoms with Crippen molar-refractivity contribution in [2.24, 2.45) is 0 Å². The summed E-state index contributed by atoms with van der Waals surface area (Å²) in [5.74, 6) is -0.741. The molecule has 6 heteroatoms. The molecule has 0 bridgehead atoms. The van der Waals surface area contributed by atoms with Crippen LogP contribution in [-0.4, -0.2) is 36.9 Å². The standard InChI is InChI=1S/C22H28FN3O2/c1-6-21(27)24-19-10-11-20(25(4)5)17(13-19)14-26(15(2)3)22(28)16-8-7-9-18(23)12-16/h7-13,15H,6,14H2,1-5H3,(H,24,27). The second-order valence-corrected chi connectivity index (χ2v) is 7.18. The zero-order valence-corrected chi connectivity index (χ0v) is 17.1. The third kappa shape index (κ3) is 5.31. The van der Waals surface area contributed by atoms with Crippen molar-refractivity contribution < 1.29 is 14.0 Å². The molecule has 2 rings (SSSR count). The number of carbonyl (C=O) groups is 2. The summed E-state index contributed by atoms with van der Waals surface area (Å²) in [5, 5.41) is 2.86. The Morgan fingerprint density at radius 3 is 2.39 bits per heavy atom. The van der Waals surface area contributed by atoms with Crippen LogP contribution in [0.3, 0.4) is 0 Å². The zero-order valence-electron chi connectivity index (χ0n) is 17.1. The summed E-state index contributed by atoms with van der Waals surface area (Å²) in [7, 11) is 3.86. The van der Waals surface area contributed by atoms with Gasteiger partial charge in [-0.2, -0.15) is 0 Å². The molecule has 0 radical (unpaired) electrons. The van der Waals surface area contributed by atoms with Gasteiger partial charge in [0, 0.05) is 50.0 Å². The number of anilines is 2. The number of amides is 2. The number of hydrogen-bond donors (Lipinski definition) is 1. The Balaban J connectivity index is 2.38. The monoisotopic (exact) mass is 385 g/mol. The Hall–Kier alpha value is -2.89. The van der Waals surface area contributed by atoms with Crippen molar-refractivity contribution in [3.63, 3.8) is 0 Å². The zero-order chi connectivity index (χ0) is 20.8. The highest BCUT2D eigenvalue weighted by Gasteiger charge is 2.21. The van der Waals surface area contributed by atoms with E-state index >= 15 is 0 Å². The predicted octanol–water partition coefficient (Wildman–Crippen LogP) is 4.29. The number of nitrogens with zero attached hydrogens (tertiary/aromatic N) is 2. The number of hydrogen-bond acceptors (Lipinski definition) is 3. The summed E-state index contributed by atoms with van der Waals surface area (Å²) in [6, 6.07) is 11.3. The SMILES string of the molecule is CCC(=O)Nc1ccc(N(C)C)c(CN(C(=O)c2cccc(F)c2)C(C)C)c1. The lowest BCUT2D eigenvalue weighted by Gasteiger charge is -2.29. The van der Waals surface area contributed by atoms with E-state index in [1.54, 1.807) is 17.9 Å². The van der Waals surface area contributed by atoms with E-state index in [4.69, 9.17) is 0 Å². The second-order valence-electron chi connectivity index (χ2n) is 7.18. The van der Waals surface area contributed by atoms with Gasteiger partial charge in [-0.25, -0.2) is 4.39 Å². The molecular weight excluding hydrogens is 357 g/mol. The maximum absolute atomic E-state index is 13.6. The van der Waals surface area contributed by atoms with Crippen LogP contribution in [-0.2, 0) is 11.3 Å². The molecule has 2 aromatic carbocycles.